The van der Waals surface area contributed by atoms with Crippen LogP contribution in [0.3, 0.4) is 0 Å². The number of nitrogens with one attached hydrogen (secondary N) is 1. The van der Waals surface area contributed by atoms with E-state index < -0.39 is 6.04 Å². The maximum absolute atomic E-state index is 10.9. The zero-order valence-electron chi connectivity index (χ0n) is 7.75. The van der Waals surface area contributed by atoms with Gasteiger partial charge in [-0.25, -0.2) is 0 Å². The van der Waals surface area contributed by atoms with E-state index in [1.165, 1.54) is 6.92 Å². The number of amides is 1. The van der Waals surface area contributed by atoms with Crippen LogP contribution in [-0.2, 0) is 9.59 Å². The molecule has 0 spiro atoms. The number of carbonyl (C=O) groups is 2. The van der Waals surface area contributed by atoms with Crippen molar-refractivity contribution in [2.45, 2.75) is 32.2 Å². The maximum Gasteiger partial charge on any atom is 0.217 e. The second-order valence-corrected chi connectivity index (χ2v) is 3.32. The van der Waals surface area contributed by atoms with Gasteiger partial charge in [0.15, 0.2) is 0 Å². The van der Waals surface area contributed by atoms with Gasteiger partial charge in [-0.1, -0.05) is 0 Å². The lowest BCUT2D eigenvalue weighted by molar-refractivity contribution is -0.123. The summed E-state index contributed by atoms with van der Waals surface area (Å²) in [6, 6.07) is -0.465. The summed E-state index contributed by atoms with van der Waals surface area (Å²) < 4.78 is 0. The maximum atomic E-state index is 10.9. The van der Waals surface area contributed by atoms with Crippen molar-refractivity contribution in [3.05, 3.63) is 0 Å². The highest BCUT2D eigenvalue weighted by Crippen LogP contribution is 2.03. The van der Waals surface area contributed by atoms with Crippen LogP contribution >= 0.6 is 12.6 Å². The van der Waals surface area contributed by atoms with Crippen molar-refractivity contribution in [2.75, 3.05) is 6.54 Å². The van der Waals surface area contributed by atoms with Crippen LogP contribution in [0, 0.1) is 0 Å². The van der Waals surface area contributed by atoms with E-state index in [0.717, 1.165) is 12.8 Å². The van der Waals surface area contributed by atoms with Gasteiger partial charge < -0.3 is 11.1 Å². The fraction of sp³-hybridized carbons (Fsp3) is 0.750. The van der Waals surface area contributed by atoms with Gasteiger partial charge in [-0.15, -0.1) is 12.6 Å². The van der Waals surface area contributed by atoms with Gasteiger partial charge >= 0.3 is 0 Å². The predicted octanol–water partition coefficient (Wildman–Crippen LogP) is 0.0765. The van der Waals surface area contributed by atoms with E-state index >= 15 is 0 Å². The number of hydrogen-bond acceptors (Lipinski definition) is 3. The van der Waals surface area contributed by atoms with Crippen molar-refractivity contribution in [2.24, 2.45) is 5.73 Å². The molecule has 0 radical (unpaired) electrons. The topological polar surface area (TPSA) is 72.2 Å². The van der Waals surface area contributed by atoms with Crippen LogP contribution in [-0.4, -0.2) is 23.6 Å². The van der Waals surface area contributed by atoms with Crippen molar-refractivity contribution in [1.82, 2.24) is 5.32 Å². The van der Waals surface area contributed by atoms with Crippen molar-refractivity contribution in [3.8, 4) is 0 Å². The number of hydrogen-bond donors (Lipinski definition) is 3. The first-order chi connectivity index (χ1) is 6.07. The number of nitrogens with two attached hydrogens (primary N) is 1. The second kappa shape index (κ2) is 6.91. The first kappa shape index (κ1) is 12.4. The van der Waals surface area contributed by atoms with E-state index in [1.807, 2.05) is 0 Å². The van der Waals surface area contributed by atoms with E-state index in [0.29, 0.717) is 13.0 Å². The monoisotopic (exact) mass is 204 g/mol. The smallest absolute Gasteiger partial charge is 0.217 e. The third-order valence-corrected chi connectivity index (χ3v) is 1.93. The Morgan fingerprint density at radius 3 is 2.46 bits per heavy atom. The Hall–Kier alpha value is -0.550. The molecule has 3 N–H and O–H groups in total. The van der Waals surface area contributed by atoms with Crippen LogP contribution in [0.5, 0.6) is 0 Å². The Bertz CT molecular complexity index is 185. The summed E-state index contributed by atoms with van der Waals surface area (Å²) in [4.78, 5) is 21.6. The number of carbonyl (C=O) groups excluding carboxylic acids is 2. The van der Waals surface area contributed by atoms with Crippen LogP contribution < -0.4 is 11.1 Å². The summed E-state index contributed by atoms with van der Waals surface area (Å²) in [6.45, 7) is 1.99. The van der Waals surface area contributed by atoms with Gasteiger partial charge in [0.05, 0.1) is 6.04 Å². The number of unbranched alkanes of at least 4 members (excludes halogenated alkanes) is 1. The van der Waals surface area contributed by atoms with Gasteiger partial charge in [0.1, 0.15) is 0 Å². The fourth-order valence-corrected chi connectivity index (χ4v) is 1.19. The molecule has 0 aliphatic heterocycles. The van der Waals surface area contributed by atoms with Crippen LogP contribution in [0.25, 0.3) is 0 Å². The molecule has 0 aliphatic rings. The minimum atomic E-state index is -0.465. The molecule has 76 valence electrons. The molecule has 1 atom stereocenters. The zero-order valence-corrected chi connectivity index (χ0v) is 8.64. The Balaban J connectivity index is 3.81. The molecule has 0 fully saturated rings. The van der Waals surface area contributed by atoms with Crippen LogP contribution in [0.2, 0.25) is 0 Å². The van der Waals surface area contributed by atoms with Crippen molar-refractivity contribution >= 4 is 23.7 Å². The lowest BCUT2D eigenvalue weighted by atomic mass is 10.1. The quantitative estimate of drug-likeness (QED) is 0.424. The van der Waals surface area contributed by atoms with E-state index in [1.54, 1.807) is 0 Å². The average molecular weight is 204 g/mol. The molecule has 0 bridgehead atoms. The molecular weight excluding hydrogens is 188 g/mol. The van der Waals surface area contributed by atoms with Gasteiger partial charge in [0, 0.05) is 6.92 Å². The number of rotatable bonds is 6. The van der Waals surface area contributed by atoms with E-state index in [-0.39, 0.29) is 11.0 Å². The Morgan fingerprint density at radius 1 is 1.46 bits per heavy atom. The minimum Gasteiger partial charge on any atom is -0.346 e. The molecule has 0 unspecified atom stereocenters. The Labute approximate surface area is 83.7 Å². The van der Waals surface area contributed by atoms with Crippen molar-refractivity contribution < 1.29 is 9.59 Å². The van der Waals surface area contributed by atoms with Crippen LogP contribution in [0.1, 0.15) is 26.2 Å². The first-order valence-corrected chi connectivity index (χ1v) is 4.72. The van der Waals surface area contributed by atoms with Gasteiger partial charge in [-0.3, -0.25) is 9.59 Å². The number of thiol groups is 1. The highest BCUT2D eigenvalue weighted by molar-refractivity contribution is 7.96. The minimum absolute atomic E-state index is 0.208. The normalized spacial score (nSPS) is 12.2. The molecule has 13 heavy (non-hydrogen) atoms. The van der Waals surface area contributed by atoms with E-state index in [4.69, 9.17) is 5.73 Å². The highest BCUT2D eigenvalue weighted by Gasteiger charge is 2.14. The molecule has 0 aromatic carbocycles. The molecule has 0 heterocycles. The summed E-state index contributed by atoms with van der Waals surface area (Å²) in [5, 5.41) is 2.23. The second-order valence-electron chi connectivity index (χ2n) is 2.88. The Morgan fingerprint density at radius 2 is 2.08 bits per heavy atom. The van der Waals surface area contributed by atoms with E-state index in [9.17, 15) is 9.59 Å². The van der Waals surface area contributed by atoms with Crippen molar-refractivity contribution in [1.29, 1.82) is 0 Å². The van der Waals surface area contributed by atoms with Gasteiger partial charge in [-0.2, -0.15) is 0 Å². The molecule has 0 aliphatic carbocycles. The SMILES string of the molecule is CC(=O)N[C@@H](CCCCN)C(=O)S. The van der Waals surface area contributed by atoms with Crippen LogP contribution in [0.4, 0.5) is 0 Å². The highest BCUT2D eigenvalue weighted by atomic mass is 32.1. The molecule has 1 amide bonds. The molecular formula is C8H16N2O2S. The molecule has 0 saturated carbocycles. The largest absolute Gasteiger partial charge is 0.346 e. The summed E-state index contributed by atoms with van der Waals surface area (Å²) in [5.74, 6) is -0.208. The molecule has 0 saturated heterocycles. The molecule has 4 nitrogen and oxygen atoms in total. The van der Waals surface area contributed by atoms with Gasteiger partial charge in [-0.05, 0) is 25.8 Å². The third kappa shape index (κ3) is 6.60. The molecule has 5 heteroatoms. The lowest BCUT2D eigenvalue weighted by Crippen LogP contribution is -2.37. The van der Waals surface area contributed by atoms with Crippen molar-refractivity contribution in [3.63, 3.8) is 0 Å². The van der Waals surface area contributed by atoms with E-state index in [2.05, 4.69) is 17.9 Å². The summed E-state index contributed by atoms with van der Waals surface area (Å²) in [5.41, 5.74) is 5.30. The molecule has 0 rings (SSSR count). The summed E-state index contributed by atoms with van der Waals surface area (Å²) in [6.07, 6.45) is 2.30. The Kier molecular flexibility index (Phi) is 6.62. The van der Waals surface area contributed by atoms with Crippen LogP contribution in [0.15, 0.2) is 0 Å². The fourth-order valence-electron chi connectivity index (χ4n) is 0.996. The molecule has 0 aromatic rings. The summed E-state index contributed by atoms with van der Waals surface area (Å²) >= 11 is 3.68. The standard InChI is InChI=1S/C8H16N2O2S/c1-6(11)10-7(8(12)13)4-2-3-5-9/h7H,2-5,9H2,1H3,(H,10,11)(H,12,13)/t7-/m0/s1. The average Bonchev–Trinajstić information content (AvgIpc) is 2.02. The molecule has 0 aromatic heterocycles. The van der Waals surface area contributed by atoms with Gasteiger partial charge in [0.2, 0.25) is 11.0 Å². The summed E-state index contributed by atoms with van der Waals surface area (Å²) in [7, 11) is 0. The lowest BCUT2D eigenvalue weighted by Gasteiger charge is -2.13. The third-order valence-electron chi connectivity index (χ3n) is 1.62. The van der Waals surface area contributed by atoms with Gasteiger partial charge in [0.25, 0.3) is 0 Å². The predicted molar refractivity (Wildman–Crippen MR) is 54.5 cm³/mol. The zero-order chi connectivity index (χ0) is 10.3. The first-order valence-electron chi connectivity index (χ1n) is 4.28.